The number of phenolic OH excluding ortho intramolecular Hbond substituents is 1. The molecule has 0 aromatic heterocycles. The van der Waals surface area contributed by atoms with Gasteiger partial charge in [-0.15, -0.1) is 0 Å². The fraction of sp³-hybridized carbons (Fsp3) is 0.222. The van der Waals surface area contributed by atoms with Gasteiger partial charge in [0.15, 0.2) is 0 Å². The normalized spacial score (nSPS) is 9.69. The Hall–Kier alpha value is -1.22. The topological polar surface area (TPSA) is 49.3 Å². The maximum atomic E-state index is 11.0. The van der Waals surface area contributed by atoms with Crippen molar-refractivity contribution in [2.24, 2.45) is 0 Å². The summed E-state index contributed by atoms with van der Waals surface area (Å²) in [6, 6.07) is 4.58. The van der Waals surface area contributed by atoms with Gasteiger partial charge in [-0.25, -0.2) is 0 Å². The lowest BCUT2D eigenvalue weighted by molar-refractivity contribution is -0.115. The van der Waals surface area contributed by atoms with E-state index in [9.17, 15) is 9.90 Å². The summed E-state index contributed by atoms with van der Waals surface area (Å²) < 4.78 is 0. The van der Waals surface area contributed by atoms with Crippen LogP contribution in [0.4, 0.5) is 5.69 Å². The van der Waals surface area contributed by atoms with Gasteiger partial charge >= 0.3 is 0 Å². The summed E-state index contributed by atoms with van der Waals surface area (Å²) in [6.07, 6.45) is 0.406. The van der Waals surface area contributed by atoms with Gasteiger partial charge in [-0.1, -0.05) is 18.5 Å². The largest absolute Gasteiger partial charge is 0.506 e. The van der Waals surface area contributed by atoms with Crippen LogP contribution in [0.5, 0.6) is 5.75 Å². The lowest BCUT2D eigenvalue weighted by Crippen LogP contribution is -2.08. The Morgan fingerprint density at radius 2 is 2.31 bits per heavy atom. The van der Waals surface area contributed by atoms with E-state index in [-0.39, 0.29) is 16.7 Å². The molecule has 0 aliphatic carbocycles. The Morgan fingerprint density at radius 1 is 1.62 bits per heavy atom. The maximum absolute atomic E-state index is 11.0. The first kappa shape index (κ1) is 9.86. The molecular formula is C9H10ClNO2. The molecule has 2 N–H and O–H groups in total. The van der Waals surface area contributed by atoms with Crippen molar-refractivity contribution in [3.63, 3.8) is 0 Å². The van der Waals surface area contributed by atoms with Crippen LogP contribution in [0.1, 0.15) is 13.3 Å². The SMILES string of the molecule is CCC(=O)Nc1ccc(Cl)c(O)c1. The number of phenols is 1. The summed E-state index contributed by atoms with van der Waals surface area (Å²) in [6.45, 7) is 1.76. The fourth-order valence-electron chi connectivity index (χ4n) is 0.840. The Kier molecular flexibility index (Phi) is 3.14. The van der Waals surface area contributed by atoms with E-state index in [1.807, 2.05) is 0 Å². The molecule has 0 heterocycles. The zero-order valence-corrected chi connectivity index (χ0v) is 7.93. The molecule has 0 radical (unpaired) electrons. The maximum Gasteiger partial charge on any atom is 0.224 e. The first-order valence-corrected chi connectivity index (χ1v) is 4.29. The molecule has 0 aliphatic heterocycles. The summed E-state index contributed by atoms with van der Waals surface area (Å²) >= 11 is 5.59. The molecule has 0 aliphatic rings. The van der Waals surface area contributed by atoms with E-state index in [0.717, 1.165) is 0 Å². The molecular weight excluding hydrogens is 190 g/mol. The van der Waals surface area contributed by atoms with E-state index >= 15 is 0 Å². The molecule has 3 nitrogen and oxygen atoms in total. The lowest BCUT2D eigenvalue weighted by atomic mass is 10.3. The van der Waals surface area contributed by atoms with Crippen molar-refractivity contribution >= 4 is 23.2 Å². The van der Waals surface area contributed by atoms with Crippen LogP contribution in [0.15, 0.2) is 18.2 Å². The van der Waals surface area contributed by atoms with Crippen molar-refractivity contribution in [2.45, 2.75) is 13.3 Å². The first-order valence-electron chi connectivity index (χ1n) is 3.92. The number of aromatic hydroxyl groups is 1. The van der Waals surface area contributed by atoms with Gasteiger partial charge in [0.05, 0.1) is 5.02 Å². The number of anilines is 1. The Labute approximate surface area is 81.3 Å². The van der Waals surface area contributed by atoms with Crippen molar-refractivity contribution in [3.05, 3.63) is 23.2 Å². The van der Waals surface area contributed by atoms with Crippen LogP contribution in [0.25, 0.3) is 0 Å². The fourth-order valence-corrected chi connectivity index (χ4v) is 0.957. The molecule has 1 rings (SSSR count). The Balaban J connectivity index is 2.79. The zero-order chi connectivity index (χ0) is 9.84. The van der Waals surface area contributed by atoms with Gasteiger partial charge in [-0.3, -0.25) is 4.79 Å². The predicted molar refractivity (Wildman–Crippen MR) is 52.0 cm³/mol. The van der Waals surface area contributed by atoms with E-state index in [1.165, 1.54) is 12.1 Å². The van der Waals surface area contributed by atoms with Crippen LogP contribution in [0.2, 0.25) is 5.02 Å². The number of carbonyl (C=O) groups is 1. The standard InChI is InChI=1S/C9H10ClNO2/c1-2-9(13)11-6-3-4-7(10)8(12)5-6/h3-5,12H,2H2,1H3,(H,11,13). The summed E-state index contributed by atoms with van der Waals surface area (Å²) in [5.41, 5.74) is 0.550. The number of hydrogen-bond donors (Lipinski definition) is 2. The van der Waals surface area contributed by atoms with Gasteiger partial charge in [0, 0.05) is 18.2 Å². The van der Waals surface area contributed by atoms with E-state index < -0.39 is 0 Å². The minimum absolute atomic E-state index is 0.0319. The second-order valence-electron chi connectivity index (χ2n) is 2.57. The monoisotopic (exact) mass is 199 g/mol. The van der Waals surface area contributed by atoms with Crippen LogP contribution in [-0.4, -0.2) is 11.0 Å². The van der Waals surface area contributed by atoms with E-state index in [2.05, 4.69) is 5.32 Å². The molecule has 0 unspecified atom stereocenters. The van der Waals surface area contributed by atoms with Crippen molar-refractivity contribution in [1.82, 2.24) is 0 Å². The average Bonchev–Trinajstić information content (AvgIpc) is 2.11. The molecule has 70 valence electrons. The number of rotatable bonds is 2. The summed E-state index contributed by atoms with van der Waals surface area (Å²) in [4.78, 5) is 11.0. The Bertz CT molecular complexity index is 325. The van der Waals surface area contributed by atoms with E-state index in [1.54, 1.807) is 13.0 Å². The highest BCUT2D eigenvalue weighted by atomic mass is 35.5. The van der Waals surface area contributed by atoms with Crippen molar-refractivity contribution in [1.29, 1.82) is 0 Å². The van der Waals surface area contributed by atoms with E-state index in [4.69, 9.17) is 11.6 Å². The molecule has 0 bridgehead atoms. The number of hydrogen-bond acceptors (Lipinski definition) is 2. The number of halogens is 1. The highest BCUT2D eigenvalue weighted by Crippen LogP contribution is 2.26. The van der Waals surface area contributed by atoms with Crippen LogP contribution >= 0.6 is 11.6 Å². The van der Waals surface area contributed by atoms with Crippen molar-refractivity contribution < 1.29 is 9.90 Å². The Morgan fingerprint density at radius 3 is 2.85 bits per heavy atom. The van der Waals surface area contributed by atoms with Gasteiger partial charge in [-0.05, 0) is 12.1 Å². The van der Waals surface area contributed by atoms with Gasteiger partial charge in [0.1, 0.15) is 5.75 Å². The zero-order valence-electron chi connectivity index (χ0n) is 7.17. The molecule has 0 fully saturated rings. The third-order valence-corrected chi connectivity index (χ3v) is 1.87. The van der Waals surface area contributed by atoms with Crippen molar-refractivity contribution in [2.75, 3.05) is 5.32 Å². The molecule has 0 spiro atoms. The smallest absolute Gasteiger partial charge is 0.224 e. The molecule has 1 aromatic rings. The number of benzene rings is 1. The molecule has 0 saturated carbocycles. The third-order valence-electron chi connectivity index (χ3n) is 1.55. The van der Waals surface area contributed by atoms with Crippen LogP contribution in [-0.2, 0) is 4.79 Å². The minimum atomic E-state index is -0.0956. The number of nitrogens with one attached hydrogen (secondary N) is 1. The molecule has 4 heteroatoms. The van der Waals surface area contributed by atoms with Gasteiger partial charge in [0.25, 0.3) is 0 Å². The number of carbonyl (C=O) groups excluding carboxylic acids is 1. The van der Waals surface area contributed by atoms with Gasteiger partial charge in [0.2, 0.25) is 5.91 Å². The molecule has 1 amide bonds. The van der Waals surface area contributed by atoms with Crippen LogP contribution in [0, 0.1) is 0 Å². The highest BCUT2D eigenvalue weighted by Gasteiger charge is 2.02. The molecule has 0 saturated heterocycles. The van der Waals surface area contributed by atoms with Crippen molar-refractivity contribution in [3.8, 4) is 5.75 Å². The number of amides is 1. The van der Waals surface area contributed by atoms with Crippen LogP contribution < -0.4 is 5.32 Å². The highest BCUT2D eigenvalue weighted by molar-refractivity contribution is 6.32. The second kappa shape index (κ2) is 4.14. The lowest BCUT2D eigenvalue weighted by Gasteiger charge is -2.04. The summed E-state index contributed by atoms with van der Waals surface area (Å²) in [5, 5.41) is 12.1. The molecule has 1 aromatic carbocycles. The van der Waals surface area contributed by atoms with Gasteiger partial charge in [-0.2, -0.15) is 0 Å². The second-order valence-corrected chi connectivity index (χ2v) is 2.98. The molecule has 0 atom stereocenters. The minimum Gasteiger partial charge on any atom is -0.506 e. The average molecular weight is 200 g/mol. The van der Waals surface area contributed by atoms with Gasteiger partial charge < -0.3 is 10.4 Å². The molecule has 13 heavy (non-hydrogen) atoms. The van der Waals surface area contributed by atoms with Crippen LogP contribution in [0.3, 0.4) is 0 Å². The third kappa shape index (κ3) is 2.63. The van der Waals surface area contributed by atoms with E-state index in [0.29, 0.717) is 12.1 Å². The first-order chi connectivity index (χ1) is 6.13. The summed E-state index contributed by atoms with van der Waals surface area (Å²) in [7, 11) is 0. The predicted octanol–water partition coefficient (Wildman–Crippen LogP) is 2.39. The summed E-state index contributed by atoms with van der Waals surface area (Å²) in [5.74, 6) is -0.128. The quantitative estimate of drug-likeness (QED) is 0.769.